The van der Waals surface area contributed by atoms with Crippen molar-refractivity contribution in [1.82, 2.24) is 9.62 Å². The van der Waals surface area contributed by atoms with Gasteiger partial charge in [0.2, 0.25) is 10.0 Å². The Morgan fingerprint density at radius 3 is 2.35 bits per heavy atom. The highest BCUT2D eigenvalue weighted by atomic mass is 32.2. The Morgan fingerprint density at radius 2 is 1.71 bits per heavy atom. The average Bonchev–Trinajstić information content (AvgIpc) is 2.78. The van der Waals surface area contributed by atoms with Crippen LogP contribution in [-0.4, -0.2) is 46.5 Å². The first kappa shape index (κ1) is 23.1. The maximum absolute atomic E-state index is 13.1. The summed E-state index contributed by atoms with van der Waals surface area (Å²) >= 11 is 0. The van der Waals surface area contributed by atoms with Crippen molar-refractivity contribution in [3.63, 3.8) is 0 Å². The summed E-state index contributed by atoms with van der Waals surface area (Å²) in [5.74, 6) is 1.33. The lowest BCUT2D eigenvalue weighted by molar-refractivity contribution is 0.0693. The summed E-state index contributed by atoms with van der Waals surface area (Å²) in [6.45, 7) is 5.23. The number of sulfonamides is 1. The number of piperidine rings is 1. The van der Waals surface area contributed by atoms with E-state index in [1.807, 2.05) is 18.2 Å². The smallest absolute Gasteiger partial charge is 0.257 e. The van der Waals surface area contributed by atoms with Gasteiger partial charge < -0.3 is 14.4 Å². The highest BCUT2D eigenvalue weighted by molar-refractivity contribution is 7.89. The second-order valence-electron chi connectivity index (χ2n) is 7.92. The van der Waals surface area contributed by atoms with Crippen LogP contribution < -0.4 is 14.2 Å². The third kappa shape index (κ3) is 5.19. The van der Waals surface area contributed by atoms with Gasteiger partial charge in [0.25, 0.3) is 5.91 Å². The molecule has 2 aromatic rings. The lowest BCUT2D eigenvalue weighted by atomic mass is 9.98. The number of benzene rings is 2. The molecule has 168 valence electrons. The van der Waals surface area contributed by atoms with Gasteiger partial charge in [-0.25, -0.2) is 13.1 Å². The van der Waals surface area contributed by atoms with Crippen molar-refractivity contribution >= 4 is 15.9 Å². The number of hydrogen-bond donors (Lipinski definition) is 1. The number of ether oxygens (including phenoxy) is 2. The number of likely N-dealkylation sites (tertiary alicyclic amines) is 1. The number of rotatable bonds is 7. The molecule has 1 amide bonds. The van der Waals surface area contributed by atoms with Crippen molar-refractivity contribution in [2.75, 3.05) is 27.3 Å². The predicted molar refractivity (Wildman–Crippen MR) is 119 cm³/mol. The number of methoxy groups -OCH3 is 2. The Balaban J connectivity index is 1.88. The van der Waals surface area contributed by atoms with Crippen molar-refractivity contribution in [2.24, 2.45) is 5.92 Å². The van der Waals surface area contributed by atoms with Crippen LogP contribution in [0.5, 0.6) is 11.5 Å². The number of nitrogens with zero attached hydrogens (tertiary/aromatic N) is 1. The van der Waals surface area contributed by atoms with Gasteiger partial charge >= 0.3 is 0 Å². The minimum Gasteiger partial charge on any atom is -0.496 e. The molecule has 0 spiro atoms. The Kier molecular flexibility index (Phi) is 7.23. The van der Waals surface area contributed by atoms with Gasteiger partial charge in [-0.3, -0.25) is 4.79 Å². The molecule has 0 radical (unpaired) electrons. The van der Waals surface area contributed by atoms with Crippen LogP contribution in [0.15, 0.2) is 47.4 Å². The summed E-state index contributed by atoms with van der Waals surface area (Å²) in [4.78, 5) is 14.9. The fraction of sp³-hybridized carbons (Fsp3) is 0.435. The van der Waals surface area contributed by atoms with Crippen LogP contribution in [-0.2, 0) is 10.0 Å². The second-order valence-corrected chi connectivity index (χ2v) is 9.64. The topological polar surface area (TPSA) is 84.9 Å². The summed E-state index contributed by atoms with van der Waals surface area (Å²) < 4.78 is 39.6. The Morgan fingerprint density at radius 1 is 1.06 bits per heavy atom. The molecule has 1 fully saturated rings. The van der Waals surface area contributed by atoms with Crippen LogP contribution in [0.4, 0.5) is 0 Å². The number of para-hydroxylation sites is 1. The second kappa shape index (κ2) is 9.70. The van der Waals surface area contributed by atoms with Gasteiger partial charge in [-0.05, 0) is 49.9 Å². The van der Waals surface area contributed by atoms with E-state index < -0.39 is 16.1 Å². The van der Waals surface area contributed by atoms with E-state index >= 15 is 0 Å². The third-order valence-electron chi connectivity index (χ3n) is 5.72. The first-order chi connectivity index (χ1) is 14.8. The molecule has 7 nitrogen and oxygen atoms in total. The van der Waals surface area contributed by atoms with E-state index in [1.54, 1.807) is 25.0 Å². The molecule has 0 aromatic heterocycles. The fourth-order valence-corrected chi connectivity index (χ4v) is 5.04. The minimum atomic E-state index is -3.88. The molecule has 1 unspecified atom stereocenters. The summed E-state index contributed by atoms with van der Waals surface area (Å²) in [6.07, 6.45) is 1.87. The first-order valence-electron chi connectivity index (χ1n) is 10.4. The van der Waals surface area contributed by atoms with Crippen LogP contribution in [0.3, 0.4) is 0 Å². The van der Waals surface area contributed by atoms with E-state index in [0.29, 0.717) is 30.5 Å². The molecule has 2 aromatic carbocycles. The maximum atomic E-state index is 13.1. The van der Waals surface area contributed by atoms with Gasteiger partial charge in [0, 0.05) is 24.7 Å². The van der Waals surface area contributed by atoms with Crippen LogP contribution in [0.25, 0.3) is 0 Å². The lowest BCUT2D eigenvalue weighted by Gasteiger charge is -2.30. The molecule has 1 heterocycles. The van der Waals surface area contributed by atoms with Crippen LogP contribution in [0.1, 0.15) is 48.7 Å². The van der Waals surface area contributed by atoms with Crippen molar-refractivity contribution in [2.45, 2.75) is 37.6 Å². The zero-order chi connectivity index (χ0) is 22.6. The van der Waals surface area contributed by atoms with Crippen molar-refractivity contribution < 1.29 is 22.7 Å². The average molecular weight is 447 g/mol. The Labute approximate surface area is 184 Å². The molecule has 0 bridgehead atoms. The quantitative estimate of drug-likeness (QED) is 0.702. The van der Waals surface area contributed by atoms with Gasteiger partial charge in [0.05, 0.1) is 24.7 Å². The minimum absolute atomic E-state index is 0.0174. The first-order valence-corrected chi connectivity index (χ1v) is 11.9. The molecule has 1 atom stereocenters. The summed E-state index contributed by atoms with van der Waals surface area (Å²) in [7, 11) is -0.868. The van der Waals surface area contributed by atoms with E-state index in [4.69, 9.17) is 9.47 Å². The van der Waals surface area contributed by atoms with Crippen LogP contribution >= 0.6 is 0 Å². The molecule has 1 aliphatic rings. The molecule has 8 heteroatoms. The molecule has 1 N–H and O–H groups in total. The van der Waals surface area contributed by atoms with Crippen LogP contribution in [0.2, 0.25) is 0 Å². The third-order valence-corrected chi connectivity index (χ3v) is 7.26. The molecular weight excluding hydrogens is 416 g/mol. The Bertz CT molecular complexity index is 1030. The SMILES string of the molecule is COc1ccc(S(=O)(=O)NC(C)c2ccccc2OC)cc1C(=O)N1CCC(C)CC1. The van der Waals surface area contributed by atoms with Gasteiger partial charge in [-0.2, -0.15) is 0 Å². The molecule has 1 saturated heterocycles. The van der Waals surface area contributed by atoms with Crippen molar-refractivity contribution in [1.29, 1.82) is 0 Å². The van der Waals surface area contributed by atoms with E-state index in [9.17, 15) is 13.2 Å². The number of nitrogens with one attached hydrogen (secondary N) is 1. The molecule has 3 rings (SSSR count). The van der Waals surface area contributed by atoms with Crippen molar-refractivity contribution in [3.8, 4) is 11.5 Å². The largest absolute Gasteiger partial charge is 0.496 e. The van der Waals surface area contributed by atoms with Gasteiger partial charge in [0.1, 0.15) is 11.5 Å². The maximum Gasteiger partial charge on any atom is 0.257 e. The highest BCUT2D eigenvalue weighted by Gasteiger charge is 2.27. The molecule has 0 saturated carbocycles. The zero-order valence-electron chi connectivity index (χ0n) is 18.4. The normalized spacial score (nSPS) is 16.1. The molecular formula is C23H30N2O5S. The number of carbonyl (C=O) groups is 1. The summed E-state index contributed by atoms with van der Waals surface area (Å²) in [5, 5.41) is 0. The van der Waals surface area contributed by atoms with E-state index in [2.05, 4.69) is 11.6 Å². The lowest BCUT2D eigenvalue weighted by Crippen LogP contribution is -2.38. The van der Waals surface area contributed by atoms with Crippen LogP contribution in [0, 0.1) is 5.92 Å². The number of carbonyl (C=O) groups excluding carboxylic acids is 1. The molecule has 1 aliphatic heterocycles. The fourth-order valence-electron chi connectivity index (χ4n) is 3.79. The molecule has 0 aliphatic carbocycles. The standard InChI is InChI=1S/C23H30N2O5S/c1-16-11-13-25(14-12-16)23(26)20-15-18(9-10-22(20)30-4)31(27,28)24-17(2)19-7-5-6-8-21(19)29-3/h5-10,15-17,24H,11-14H2,1-4H3. The monoisotopic (exact) mass is 446 g/mol. The Hall–Kier alpha value is -2.58. The van der Waals surface area contributed by atoms with E-state index in [0.717, 1.165) is 18.4 Å². The van der Waals surface area contributed by atoms with Gasteiger partial charge in [-0.15, -0.1) is 0 Å². The van der Waals surface area contributed by atoms with Gasteiger partial charge in [0.15, 0.2) is 0 Å². The van der Waals surface area contributed by atoms with Gasteiger partial charge in [-0.1, -0.05) is 25.1 Å². The summed E-state index contributed by atoms with van der Waals surface area (Å²) in [6, 6.07) is 11.1. The summed E-state index contributed by atoms with van der Waals surface area (Å²) in [5.41, 5.74) is 0.977. The van der Waals surface area contributed by atoms with Crippen molar-refractivity contribution in [3.05, 3.63) is 53.6 Å². The predicted octanol–water partition coefficient (Wildman–Crippen LogP) is 3.62. The molecule has 31 heavy (non-hydrogen) atoms. The van der Waals surface area contributed by atoms with E-state index in [1.165, 1.54) is 25.3 Å². The highest BCUT2D eigenvalue weighted by Crippen LogP contribution is 2.29. The zero-order valence-corrected chi connectivity index (χ0v) is 19.2. The number of amides is 1. The van der Waals surface area contributed by atoms with E-state index in [-0.39, 0.29) is 16.4 Å². The number of hydrogen-bond acceptors (Lipinski definition) is 5.